The summed E-state index contributed by atoms with van der Waals surface area (Å²) < 4.78 is 6.86. The van der Waals surface area contributed by atoms with Crippen molar-refractivity contribution in [3.63, 3.8) is 0 Å². The number of methoxy groups -OCH3 is 1. The number of aromatic nitrogens is 2. The first-order chi connectivity index (χ1) is 13.5. The van der Waals surface area contributed by atoms with Gasteiger partial charge in [-0.2, -0.15) is 0 Å². The minimum Gasteiger partial charge on any atom is -0.497 e. The molecule has 0 aliphatic carbocycles. The van der Waals surface area contributed by atoms with Crippen molar-refractivity contribution in [1.82, 2.24) is 9.55 Å². The topological polar surface area (TPSA) is 61.2 Å². The number of nitrogens with zero attached hydrogens (tertiary/aromatic N) is 2. The van der Waals surface area contributed by atoms with Crippen LogP contribution in [0.1, 0.15) is 43.6 Å². The van der Waals surface area contributed by atoms with Crippen molar-refractivity contribution >= 4 is 28.4 Å². The molecule has 3 rings (SSSR count). The molecular weight excluding hydrogens is 372 g/mol. The highest BCUT2D eigenvalue weighted by molar-refractivity contribution is 8.00. The number of ketones is 1. The quantitative estimate of drug-likeness (QED) is 0.328. The Hall–Kier alpha value is -2.60. The van der Waals surface area contributed by atoms with Crippen molar-refractivity contribution in [2.24, 2.45) is 0 Å². The zero-order valence-corrected chi connectivity index (χ0v) is 17.3. The van der Waals surface area contributed by atoms with Gasteiger partial charge in [-0.15, -0.1) is 0 Å². The largest absolute Gasteiger partial charge is 0.497 e. The number of thioether (sulfide) groups is 1. The lowest BCUT2D eigenvalue weighted by atomic mass is 10.1. The summed E-state index contributed by atoms with van der Waals surface area (Å²) in [5.41, 5.74) is 1.20. The van der Waals surface area contributed by atoms with Gasteiger partial charge in [0.15, 0.2) is 10.9 Å². The molecule has 2 atom stereocenters. The number of hydrogen-bond acceptors (Lipinski definition) is 5. The molecule has 2 aromatic carbocycles. The molecule has 0 saturated carbocycles. The molecule has 0 spiro atoms. The molecule has 1 aromatic heterocycles. The van der Waals surface area contributed by atoms with Crippen LogP contribution in [0.4, 0.5) is 0 Å². The number of para-hydroxylation sites is 1. The molecule has 146 valence electrons. The van der Waals surface area contributed by atoms with E-state index < -0.39 is 0 Å². The molecule has 28 heavy (non-hydrogen) atoms. The molecule has 0 radical (unpaired) electrons. The maximum Gasteiger partial charge on any atom is 0.262 e. The molecular formula is C22H24N2O3S. The second-order valence-electron chi connectivity index (χ2n) is 6.70. The number of rotatable bonds is 7. The predicted molar refractivity (Wildman–Crippen MR) is 114 cm³/mol. The molecule has 0 N–H and O–H groups in total. The number of hydrogen-bond donors (Lipinski definition) is 0. The molecule has 0 unspecified atom stereocenters. The Labute approximate surface area is 168 Å². The summed E-state index contributed by atoms with van der Waals surface area (Å²) in [5, 5.41) is 0.797. The highest BCUT2D eigenvalue weighted by Gasteiger charge is 2.22. The smallest absolute Gasteiger partial charge is 0.262 e. The summed E-state index contributed by atoms with van der Waals surface area (Å²) in [7, 11) is 1.59. The molecule has 0 bridgehead atoms. The van der Waals surface area contributed by atoms with E-state index in [-0.39, 0.29) is 22.6 Å². The highest BCUT2D eigenvalue weighted by Crippen LogP contribution is 2.28. The van der Waals surface area contributed by atoms with Crippen LogP contribution in [0.5, 0.6) is 5.75 Å². The summed E-state index contributed by atoms with van der Waals surface area (Å²) in [4.78, 5) is 30.6. The van der Waals surface area contributed by atoms with E-state index in [1.54, 1.807) is 42.0 Å². The Kier molecular flexibility index (Phi) is 6.19. The lowest BCUT2D eigenvalue weighted by molar-refractivity contribution is 0.0993. The van der Waals surface area contributed by atoms with Crippen LogP contribution < -0.4 is 10.3 Å². The molecule has 6 heteroatoms. The predicted octanol–water partition coefficient (Wildman–Crippen LogP) is 4.74. The zero-order valence-electron chi connectivity index (χ0n) is 16.5. The van der Waals surface area contributed by atoms with Crippen LogP contribution in [-0.4, -0.2) is 27.7 Å². The van der Waals surface area contributed by atoms with Gasteiger partial charge in [0.1, 0.15) is 5.75 Å². The van der Waals surface area contributed by atoms with Gasteiger partial charge >= 0.3 is 0 Å². The van der Waals surface area contributed by atoms with Gasteiger partial charge in [-0.3, -0.25) is 14.2 Å². The molecule has 0 saturated heterocycles. The summed E-state index contributed by atoms with van der Waals surface area (Å²) in [6.07, 6.45) is 0.800. The van der Waals surface area contributed by atoms with Crippen molar-refractivity contribution in [3.05, 3.63) is 64.4 Å². The van der Waals surface area contributed by atoms with Crippen LogP contribution in [0, 0.1) is 0 Å². The second kappa shape index (κ2) is 8.61. The van der Waals surface area contributed by atoms with Crippen molar-refractivity contribution in [2.45, 2.75) is 43.6 Å². The molecule has 5 nitrogen and oxygen atoms in total. The number of Topliss-reactive ketones (excluding diaryl/α,β-unsaturated/α-hetero) is 1. The van der Waals surface area contributed by atoms with E-state index in [1.807, 2.05) is 39.0 Å². The lowest BCUT2D eigenvalue weighted by Gasteiger charge is -2.20. The van der Waals surface area contributed by atoms with Gasteiger partial charge in [-0.25, -0.2) is 4.98 Å². The maximum atomic E-state index is 13.1. The summed E-state index contributed by atoms with van der Waals surface area (Å²) in [6, 6.07) is 14.4. The summed E-state index contributed by atoms with van der Waals surface area (Å²) >= 11 is 1.33. The molecule has 1 heterocycles. The van der Waals surface area contributed by atoms with Gasteiger partial charge in [-0.1, -0.05) is 30.8 Å². The van der Waals surface area contributed by atoms with E-state index in [1.165, 1.54) is 11.8 Å². The first kappa shape index (κ1) is 20.1. The van der Waals surface area contributed by atoms with Crippen LogP contribution in [0.3, 0.4) is 0 Å². The van der Waals surface area contributed by atoms with E-state index in [0.29, 0.717) is 27.4 Å². The third-order valence-electron chi connectivity index (χ3n) is 4.83. The van der Waals surface area contributed by atoms with Gasteiger partial charge in [0.2, 0.25) is 0 Å². The fraction of sp³-hybridized carbons (Fsp3) is 0.318. The standard InChI is InChI=1S/C22H24N2O3S/c1-5-14(2)24-21(26)18-8-6-7-9-19(18)23-22(24)28-15(3)20(25)16-10-12-17(27-4)13-11-16/h6-15H,5H2,1-4H3/t14-,15+/m0/s1. The third-order valence-corrected chi connectivity index (χ3v) is 5.90. The van der Waals surface area contributed by atoms with Gasteiger partial charge in [0.05, 0.1) is 23.3 Å². The maximum absolute atomic E-state index is 13.1. The lowest BCUT2D eigenvalue weighted by Crippen LogP contribution is -2.27. The minimum absolute atomic E-state index is 0.00426. The van der Waals surface area contributed by atoms with Gasteiger partial charge in [0, 0.05) is 11.6 Å². The molecule has 3 aromatic rings. The zero-order chi connectivity index (χ0) is 20.3. The Bertz CT molecular complexity index is 1040. The third kappa shape index (κ3) is 3.97. The van der Waals surface area contributed by atoms with E-state index >= 15 is 0 Å². The number of fused-ring (bicyclic) bond motifs is 1. The fourth-order valence-corrected chi connectivity index (χ4v) is 4.07. The summed E-state index contributed by atoms with van der Waals surface area (Å²) in [5.74, 6) is 0.699. The monoisotopic (exact) mass is 396 g/mol. The second-order valence-corrected chi connectivity index (χ2v) is 8.00. The average molecular weight is 397 g/mol. The average Bonchev–Trinajstić information content (AvgIpc) is 2.73. The van der Waals surface area contributed by atoms with Crippen molar-refractivity contribution in [3.8, 4) is 5.75 Å². The van der Waals surface area contributed by atoms with Crippen molar-refractivity contribution in [1.29, 1.82) is 0 Å². The van der Waals surface area contributed by atoms with E-state index in [9.17, 15) is 9.59 Å². The minimum atomic E-state index is -0.378. The first-order valence-electron chi connectivity index (χ1n) is 9.32. The van der Waals surface area contributed by atoms with E-state index in [4.69, 9.17) is 9.72 Å². The Balaban J connectivity index is 1.97. The molecule has 0 fully saturated rings. The van der Waals surface area contributed by atoms with Gasteiger partial charge in [0.25, 0.3) is 5.56 Å². The van der Waals surface area contributed by atoms with E-state index in [0.717, 1.165) is 6.42 Å². The fourth-order valence-electron chi connectivity index (χ4n) is 2.98. The number of carbonyl (C=O) groups excluding carboxylic acids is 1. The SMILES string of the molecule is CC[C@H](C)n1c(S[C@H](C)C(=O)c2ccc(OC)cc2)nc2ccccc2c1=O. The normalized spacial score (nSPS) is 13.3. The Morgan fingerprint density at radius 2 is 1.82 bits per heavy atom. The number of benzene rings is 2. The van der Waals surface area contributed by atoms with Crippen molar-refractivity contribution < 1.29 is 9.53 Å². The molecule has 0 aliphatic heterocycles. The van der Waals surface area contributed by atoms with Crippen LogP contribution in [0.15, 0.2) is 58.5 Å². The van der Waals surface area contributed by atoms with Gasteiger partial charge in [-0.05, 0) is 56.7 Å². The Morgan fingerprint density at radius 1 is 1.14 bits per heavy atom. The number of carbonyl (C=O) groups is 1. The molecule has 0 aliphatic rings. The molecule has 0 amide bonds. The van der Waals surface area contributed by atoms with Crippen LogP contribution in [0.25, 0.3) is 10.9 Å². The number of ether oxygens (including phenoxy) is 1. The van der Waals surface area contributed by atoms with Crippen LogP contribution >= 0.6 is 11.8 Å². The van der Waals surface area contributed by atoms with Crippen LogP contribution in [-0.2, 0) is 0 Å². The highest BCUT2D eigenvalue weighted by atomic mass is 32.2. The van der Waals surface area contributed by atoms with E-state index in [2.05, 4.69) is 0 Å². The first-order valence-corrected chi connectivity index (χ1v) is 10.2. The summed E-state index contributed by atoms with van der Waals surface area (Å²) in [6.45, 7) is 5.88. The van der Waals surface area contributed by atoms with Crippen molar-refractivity contribution in [2.75, 3.05) is 7.11 Å². The van der Waals surface area contributed by atoms with Gasteiger partial charge < -0.3 is 4.74 Å². The Morgan fingerprint density at radius 3 is 2.46 bits per heavy atom. The van der Waals surface area contributed by atoms with Crippen LogP contribution in [0.2, 0.25) is 0 Å².